The third kappa shape index (κ3) is 2.78. The van der Waals surface area contributed by atoms with Crippen LogP contribution in [0.4, 0.5) is 0 Å². The Morgan fingerprint density at radius 1 is 0.938 bits per heavy atom. The number of nitrogens with zero attached hydrogens (tertiary/aromatic N) is 1. The SMILES string of the molecule is CCN(C1CCCCC1)[C@@H]1CCCC[C@H]1O. The monoisotopic (exact) mass is 225 g/mol. The van der Waals surface area contributed by atoms with Gasteiger partial charge >= 0.3 is 0 Å². The van der Waals surface area contributed by atoms with Gasteiger partial charge in [0.2, 0.25) is 0 Å². The summed E-state index contributed by atoms with van der Waals surface area (Å²) in [4.78, 5) is 2.61. The van der Waals surface area contributed by atoms with Gasteiger partial charge in [0, 0.05) is 12.1 Å². The highest BCUT2D eigenvalue weighted by atomic mass is 16.3. The van der Waals surface area contributed by atoms with Gasteiger partial charge in [0.1, 0.15) is 0 Å². The number of rotatable bonds is 3. The average Bonchev–Trinajstić information content (AvgIpc) is 2.34. The molecule has 0 aliphatic heterocycles. The van der Waals surface area contributed by atoms with E-state index in [1.165, 1.54) is 51.4 Å². The van der Waals surface area contributed by atoms with Crippen molar-refractivity contribution in [2.24, 2.45) is 0 Å². The van der Waals surface area contributed by atoms with Crippen LogP contribution in [0.1, 0.15) is 64.7 Å². The fourth-order valence-electron chi connectivity index (χ4n) is 3.65. The lowest BCUT2D eigenvalue weighted by molar-refractivity contribution is -0.00712. The zero-order valence-corrected chi connectivity index (χ0v) is 10.7. The molecule has 0 aromatic heterocycles. The van der Waals surface area contributed by atoms with Gasteiger partial charge in [-0.15, -0.1) is 0 Å². The zero-order chi connectivity index (χ0) is 11.4. The molecule has 2 nitrogen and oxygen atoms in total. The Bertz CT molecular complexity index is 201. The molecule has 2 atom stereocenters. The summed E-state index contributed by atoms with van der Waals surface area (Å²) >= 11 is 0. The molecule has 16 heavy (non-hydrogen) atoms. The summed E-state index contributed by atoms with van der Waals surface area (Å²) in [5.41, 5.74) is 0. The maximum Gasteiger partial charge on any atom is 0.0695 e. The smallest absolute Gasteiger partial charge is 0.0695 e. The first-order valence-electron chi connectivity index (χ1n) is 7.26. The fraction of sp³-hybridized carbons (Fsp3) is 1.00. The predicted octanol–water partition coefficient (Wildman–Crippen LogP) is 2.94. The quantitative estimate of drug-likeness (QED) is 0.798. The molecule has 0 unspecified atom stereocenters. The third-order valence-corrected chi connectivity index (χ3v) is 4.53. The standard InChI is InChI=1S/C14H27NO/c1-2-15(12-8-4-3-5-9-12)13-10-6-7-11-14(13)16/h12-14,16H,2-11H2,1H3/t13-,14-/m1/s1. The summed E-state index contributed by atoms with van der Waals surface area (Å²) in [5, 5.41) is 10.2. The van der Waals surface area contributed by atoms with Gasteiger partial charge in [-0.2, -0.15) is 0 Å². The fourth-order valence-corrected chi connectivity index (χ4v) is 3.65. The topological polar surface area (TPSA) is 23.5 Å². The Kier molecular flexibility index (Phi) is 4.66. The van der Waals surface area contributed by atoms with Crippen LogP contribution in [0.5, 0.6) is 0 Å². The number of aliphatic hydroxyl groups excluding tert-OH is 1. The summed E-state index contributed by atoms with van der Waals surface area (Å²) in [5.74, 6) is 0. The normalized spacial score (nSPS) is 33.2. The van der Waals surface area contributed by atoms with Gasteiger partial charge in [-0.05, 0) is 32.2 Å². The van der Waals surface area contributed by atoms with Crippen LogP contribution in [-0.2, 0) is 0 Å². The molecule has 2 rings (SSSR count). The van der Waals surface area contributed by atoms with Crippen molar-refractivity contribution in [3.05, 3.63) is 0 Å². The summed E-state index contributed by atoms with van der Waals surface area (Å²) < 4.78 is 0. The minimum Gasteiger partial charge on any atom is -0.391 e. The van der Waals surface area contributed by atoms with E-state index in [9.17, 15) is 5.11 Å². The largest absolute Gasteiger partial charge is 0.391 e. The van der Waals surface area contributed by atoms with E-state index in [0.29, 0.717) is 6.04 Å². The highest BCUT2D eigenvalue weighted by Gasteiger charge is 2.32. The molecule has 2 fully saturated rings. The Balaban J connectivity index is 1.96. The molecular weight excluding hydrogens is 198 g/mol. The Hall–Kier alpha value is -0.0800. The molecule has 2 heteroatoms. The van der Waals surface area contributed by atoms with Gasteiger partial charge in [-0.3, -0.25) is 4.90 Å². The molecule has 0 aromatic rings. The first-order valence-corrected chi connectivity index (χ1v) is 7.26. The van der Waals surface area contributed by atoms with E-state index in [-0.39, 0.29) is 6.10 Å². The molecule has 2 saturated carbocycles. The second kappa shape index (κ2) is 6.02. The number of likely N-dealkylation sites (N-methyl/N-ethyl adjacent to an activating group) is 1. The highest BCUT2D eigenvalue weighted by molar-refractivity contribution is 4.87. The molecule has 0 amide bonds. The van der Waals surface area contributed by atoms with Crippen molar-refractivity contribution in [2.45, 2.75) is 82.9 Å². The van der Waals surface area contributed by atoms with Crippen molar-refractivity contribution in [3.63, 3.8) is 0 Å². The van der Waals surface area contributed by atoms with Crippen molar-refractivity contribution in [1.82, 2.24) is 4.90 Å². The van der Waals surface area contributed by atoms with Gasteiger partial charge in [0.15, 0.2) is 0 Å². The molecule has 2 aliphatic rings. The molecule has 94 valence electrons. The van der Waals surface area contributed by atoms with Gasteiger partial charge in [0.05, 0.1) is 6.10 Å². The van der Waals surface area contributed by atoms with E-state index in [4.69, 9.17) is 0 Å². The highest BCUT2D eigenvalue weighted by Crippen LogP contribution is 2.29. The van der Waals surface area contributed by atoms with E-state index < -0.39 is 0 Å². The average molecular weight is 225 g/mol. The van der Waals surface area contributed by atoms with Crippen molar-refractivity contribution in [2.75, 3.05) is 6.54 Å². The van der Waals surface area contributed by atoms with Crippen LogP contribution in [0.3, 0.4) is 0 Å². The predicted molar refractivity (Wildman–Crippen MR) is 67.5 cm³/mol. The van der Waals surface area contributed by atoms with Crippen molar-refractivity contribution >= 4 is 0 Å². The van der Waals surface area contributed by atoms with Gasteiger partial charge < -0.3 is 5.11 Å². The summed E-state index contributed by atoms with van der Waals surface area (Å²) in [7, 11) is 0. The van der Waals surface area contributed by atoms with Crippen LogP contribution in [0.25, 0.3) is 0 Å². The summed E-state index contributed by atoms with van der Waals surface area (Å²) in [6.07, 6.45) is 11.6. The van der Waals surface area contributed by atoms with Gasteiger partial charge in [-0.25, -0.2) is 0 Å². The Morgan fingerprint density at radius 2 is 1.56 bits per heavy atom. The van der Waals surface area contributed by atoms with Crippen LogP contribution < -0.4 is 0 Å². The van der Waals surface area contributed by atoms with Crippen molar-refractivity contribution in [3.8, 4) is 0 Å². The van der Waals surface area contributed by atoms with Crippen LogP contribution in [0, 0.1) is 0 Å². The van der Waals surface area contributed by atoms with E-state index in [2.05, 4.69) is 11.8 Å². The molecule has 0 heterocycles. The molecule has 0 aromatic carbocycles. The Labute approximate surface area is 100 Å². The number of hydrogen-bond donors (Lipinski definition) is 1. The molecule has 0 saturated heterocycles. The molecule has 0 spiro atoms. The maximum absolute atomic E-state index is 10.2. The number of hydrogen-bond acceptors (Lipinski definition) is 2. The first-order chi connectivity index (χ1) is 7.83. The van der Waals surface area contributed by atoms with E-state index >= 15 is 0 Å². The second-order valence-electron chi connectivity index (χ2n) is 5.54. The van der Waals surface area contributed by atoms with Crippen LogP contribution in [0.15, 0.2) is 0 Å². The minimum atomic E-state index is -0.0596. The lowest BCUT2D eigenvalue weighted by Crippen LogP contribution is -2.50. The van der Waals surface area contributed by atoms with Crippen molar-refractivity contribution < 1.29 is 5.11 Å². The molecule has 1 N–H and O–H groups in total. The summed E-state index contributed by atoms with van der Waals surface area (Å²) in [6, 6.07) is 1.22. The van der Waals surface area contributed by atoms with Crippen LogP contribution in [0.2, 0.25) is 0 Å². The maximum atomic E-state index is 10.2. The van der Waals surface area contributed by atoms with Crippen LogP contribution in [-0.4, -0.2) is 34.7 Å². The van der Waals surface area contributed by atoms with Crippen molar-refractivity contribution in [1.29, 1.82) is 0 Å². The second-order valence-corrected chi connectivity index (χ2v) is 5.54. The lowest BCUT2D eigenvalue weighted by atomic mass is 9.87. The number of aliphatic hydroxyl groups is 1. The minimum absolute atomic E-state index is 0.0596. The molecular formula is C14H27NO. The van der Waals surface area contributed by atoms with Gasteiger partial charge in [-0.1, -0.05) is 39.0 Å². The molecule has 0 radical (unpaired) electrons. The van der Waals surface area contributed by atoms with E-state index in [1.54, 1.807) is 0 Å². The first kappa shape index (κ1) is 12.4. The van der Waals surface area contributed by atoms with Gasteiger partial charge in [0.25, 0.3) is 0 Å². The van der Waals surface area contributed by atoms with E-state index in [1.807, 2.05) is 0 Å². The lowest BCUT2D eigenvalue weighted by Gasteiger charge is -2.43. The molecule has 0 bridgehead atoms. The zero-order valence-electron chi connectivity index (χ0n) is 10.7. The third-order valence-electron chi connectivity index (χ3n) is 4.53. The van der Waals surface area contributed by atoms with E-state index in [0.717, 1.165) is 19.0 Å². The van der Waals surface area contributed by atoms with Crippen LogP contribution >= 0.6 is 0 Å². The summed E-state index contributed by atoms with van der Waals surface area (Å²) in [6.45, 7) is 3.38. The molecule has 2 aliphatic carbocycles. The Morgan fingerprint density at radius 3 is 2.19 bits per heavy atom.